The molecule has 0 N–H and O–H groups in total. The molecule has 0 spiro atoms. The molecule has 0 bridgehead atoms. The Labute approximate surface area is 119 Å². The average molecular weight is 279 g/mol. The van der Waals surface area contributed by atoms with Gasteiger partial charge < -0.3 is 14.4 Å². The SMILES string of the molecule is COC(=O)N(C)C(C)CC(C)OC(=O)c1ccccc1. The normalized spacial score (nSPS) is 13.2. The van der Waals surface area contributed by atoms with Gasteiger partial charge in [-0.1, -0.05) is 18.2 Å². The van der Waals surface area contributed by atoms with Crippen LogP contribution >= 0.6 is 0 Å². The summed E-state index contributed by atoms with van der Waals surface area (Å²) >= 11 is 0. The second-order valence-electron chi connectivity index (χ2n) is 4.75. The molecule has 1 amide bonds. The molecule has 20 heavy (non-hydrogen) atoms. The van der Waals surface area contributed by atoms with E-state index in [1.807, 2.05) is 19.9 Å². The fourth-order valence-corrected chi connectivity index (χ4v) is 1.84. The zero-order chi connectivity index (χ0) is 15.1. The van der Waals surface area contributed by atoms with Crippen molar-refractivity contribution in [2.45, 2.75) is 32.4 Å². The van der Waals surface area contributed by atoms with Crippen molar-refractivity contribution in [2.75, 3.05) is 14.2 Å². The van der Waals surface area contributed by atoms with Crippen molar-refractivity contribution in [3.05, 3.63) is 35.9 Å². The summed E-state index contributed by atoms with van der Waals surface area (Å²) in [6.07, 6.45) is -0.145. The van der Waals surface area contributed by atoms with Gasteiger partial charge in [0.05, 0.1) is 12.7 Å². The zero-order valence-electron chi connectivity index (χ0n) is 12.3. The monoisotopic (exact) mass is 279 g/mol. The van der Waals surface area contributed by atoms with Crippen LogP contribution in [0, 0.1) is 0 Å². The Kier molecular flexibility index (Phi) is 6.03. The van der Waals surface area contributed by atoms with Gasteiger partial charge in [-0.3, -0.25) is 0 Å². The molecular formula is C15H21NO4. The quantitative estimate of drug-likeness (QED) is 0.778. The van der Waals surface area contributed by atoms with Crippen molar-refractivity contribution in [1.29, 1.82) is 0 Å². The van der Waals surface area contributed by atoms with E-state index in [0.717, 1.165) is 0 Å². The molecule has 0 radical (unpaired) electrons. The maximum atomic E-state index is 11.9. The van der Waals surface area contributed by atoms with Crippen LogP contribution in [0.5, 0.6) is 0 Å². The number of nitrogens with zero attached hydrogens (tertiary/aromatic N) is 1. The number of methoxy groups -OCH3 is 1. The van der Waals surface area contributed by atoms with E-state index < -0.39 is 6.09 Å². The van der Waals surface area contributed by atoms with Crippen LogP contribution in [0.1, 0.15) is 30.6 Å². The number of benzene rings is 1. The van der Waals surface area contributed by atoms with Gasteiger partial charge in [0.25, 0.3) is 0 Å². The molecule has 0 saturated carbocycles. The standard InChI is InChI=1S/C15H21NO4/c1-11(16(3)15(18)19-4)10-12(2)20-14(17)13-8-6-5-7-9-13/h5-9,11-12H,10H2,1-4H3. The third-order valence-corrected chi connectivity index (χ3v) is 3.11. The highest BCUT2D eigenvalue weighted by atomic mass is 16.5. The molecule has 5 nitrogen and oxygen atoms in total. The van der Waals surface area contributed by atoms with Crippen molar-refractivity contribution >= 4 is 12.1 Å². The second kappa shape index (κ2) is 7.53. The third-order valence-electron chi connectivity index (χ3n) is 3.11. The molecule has 2 unspecified atom stereocenters. The summed E-state index contributed by atoms with van der Waals surface area (Å²) in [6.45, 7) is 3.69. The van der Waals surface area contributed by atoms with Crippen LogP contribution in [0.15, 0.2) is 30.3 Å². The van der Waals surface area contributed by atoms with Crippen LogP contribution in [-0.2, 0) is 9.47 Å². The minimum absolute atomic E-state index is 0.0824. The smallest absolute Gasteiger partial charge is 0.409 e. The highest BCUT2D eigenvalue weighted by molar-refractivity contribution is 5.89. The van der Waals surface area contributed by atoms with Crippen LogP contribution in [0.4, 0.5) is 4.79 Å². The van der Waals surface area contributed by atoms with E-state index >= 15 is 0 Å². The first-order valence-corrected chi connectivity index (χ1v) is 6.52. The van der Waals surface area contributed by atoms with Gasteiger partial charge in [0, 0.05) is 19.5 Å². The molecule has 0 saturated heterocycles. The number of hydrogen-bond donors (Lipinski definition) is 0. The molecule has 0 aromatic heterocycles. The molecular weight excluding hydrogens is 258 g/mol. The Bertz CT molecular complexity index is 446. The lowest BCUT2D eigenvalue weighted by Gasteiger charge is -2.25. The van der Waals surface area contributed by atoms with Gasteiger partial charge in [-0.25, -0.2) is 9.59 Å². The highest BCUT2D eigenvalue weighted by Crippen LogP contribution is 2.11. The number of hydrogen-bond acceptors (Lipinski definition) is 4. The van der Waals surface area contributed by atoms with Gasteiger partial charge in [-0.2, -0.15) is 0 Å². The number of amides is 1. The van der Waals surface area contributed by atoms with Gasteiger partial charge >= 0.3 is 12.1 Å². The van der Waals surface area contributed by atoms with E-state index in [9.17, 15) is 9.59 Å². The minimum atomic E-state index is -0.404. The molecule has 1 aromatic rings. The summed E-state index contributed by atoms with van der Waals surface area (Å²) in [6, 6.07) is 8.75. The van der Waals surface area contributed by atoms with Crippen molar-refractivity contribution in [3.8, 4) is 0 Å². The van der Waals surface area contributed by atoms with E-state index in [0.29, 0.717) is 12.0 Å². The molecule has 2 atom stereocenters. The fraction of sp³-hybridized carbons (Fsp3) is 0.467. The van der Waals surface area contributed by atoms with Crippen molar-refractivity contribution in [3.63, 3.8) is 0 Å². The summed E-state index contributed by atoms with van der Waals surface area (Å²) in [7, 11) is 2.99. The lowest BCUT2D eigenvalue weighted by atomic mass is 10.1. The molecule has 110 valence electrons. The van der Waals surface area contributed by atoms with E-state index in [1.54, 1.807) is 31.3 Å². The molecule has 5 heteroatoms. The second-order valence-corrected chi connectivity index (χ2v) is 4.75. The Morgan fingerprint density at radius 3 is 2.35 bits per heavy atom. The van der Waals surface area contributed by atoms with E-state index in [4.69, 9.17) is 4.74 Å². The van der Waals surface area contributed by atoms with E-state index in [-0.39, 0.29) is 18.1 Å². The Hall–Kier alpha value is -2.04. The van der Waals surface area contributed by atoms with Crippen LogP contribution in [0.2, 0.25) is 0 Å². The van der Waals surface area contributed by atoms with Crippen LogP contribution in [0.3, 0.4) is 0 Å². The number of ether oxygens (including phenoxy) is 2. The zero-order valence-corrected chi connectivity index (χ0v) is 12.3. The number of carbonyl (C=O) groups excluding carboxylic acids is 2. The highest BCUT2D eigenvalue weighted by Gasteiger charge is 2.20. The van der Waals surface area contributed by atoms with Crippen LogP contribution in [-0.4, -0.2) is 43.3 Å². The predicted octanol–water partition coefficient (Wildman–Crippen LogP) is 2.71. The van der Waals surface area contributed by atoms with Crippen molar-refractivity contribution < 1.29 is 19.1 Å². The number of carbonyl (C=O) groups is 2. The van der Waals surface area contributed by atoms with Gasteiger partial charge in [-0.05, 0) is 26.0 Å². The number of esters is 1. The minimum Gasteiger partial charge on any atom is -0.459 e. The molecule has 0 aliphatic rings. The summed E-state index contributed by atoms with van der Waals surface area (Å²) in [5, 5.41) is 0. The molecule has 0 aliphatic carbocycles. The molecule has 1 rings (SSSR count). The summed E-state index contributed by atoms with van der Waals surface area (Å²) in [5.41, 5.74) is 0.522. The summed E-state index contributed by atoms with van der Waals surface area (Å²) < 4.78 is 10.00. The van der Waals surface area contributed by atoms with Gasteiger partial charge in [0.1, 0.15) is 6.10 Å². The largest absolute Gasteiger partial charge is 0.459 e. The lowest BCUT2D eigenvalue weighted by molar-refractivity contribution is 0.0269. The van der Waals surface area contributed by atoms with Crippen LogP contribution in [0.25, 0.3) is 0 Å². The van der Waals surface area contributed by atoms with E-state index in [2.05, 4.69) is 4.74 Å². The topological polar surface area (TPSA) is 55.8 Å². The Morgan fingerprint density at radius 1 is 1.20 bits per heavy atom. The maximum absolute atomic E-state index is 11.9. The Balaban J connectivity index is 2.49. The fourth-order valence-electron chi connectivity index (χ4n) is 1.84. The Morgan fingerprint density at radius 2 is 1.80 bits per heavy atom. The summed E-state index contributed by atoms with van der Waals surface area (Å²) in [5.74, 6) is -0.356. The molecule has 0 aliphatic heterocycles. The van der Waals surface area contributed by atoms with Crippen molar-refractivity contribution in [2.24, 2.45) is 0 Å². The first kappa shape index (κ1) is 16.0. The maximum Gasteiger partial charge on any atom is 0.409 e. The van der Waals surface area contributed by atoms with Gasteiger partial charge in [-0.15, -0.1) is 0 Å². The molecule has 0 fully saturated rings. The van der Waals surface area contributed by atoms with Crippen molar-refractivity contribution in [1.82, 2.24) is 4.90 Å². The van der Waals surface area contributed by atoms with Gasteiger partial charge in [0.2, 0.25) is 0 Å². The summed E-state index contributed by atoms with van der Waals surface area (Å²) in [4.78, 5) is 24.7. The third kappa shape index (κ3) is 4.57. The first-order valence-electron chi connectivity index (χ1n) is 6.52. The molecule has 1 aromatic carbocycles. The first-order chi connectivity index (χ1) is 9.45. The molecule has 0 heterocycles. The van der Waals surface area contributed by atoms with Gasteiger partial charge in [0.15, 0.2) is 0 Å². The van der Waals surface area contributed by atoms with E-state index in [1.165, 1.54) is 12.0 Å². The predicted molar refractivity (Wildman–Crippen MR) is 75.6 cm³/mol. The number of rotatable bonds is 5. The lowest BCUT2D eigenvalue weighted by Crippen LogP contribution is -2.37. The average Bonchev–Trinajstić information content (AvgIpc) is 2.46. The van der Waals surface area contributed by atoms with Crippen LogP contribution < -0.4 is 0 Å².